The fraction of sp³-hybridized carbons (Fsp3) is 0.235. The summed E-state index contributed by atoms with van der Waals surface area (Å²) >= 11 is 0. The Balaban J connectivity index is 2.03. The standard InChI is InChI=1S/C17H17N3O/c18-9-12-1-3-13(4-2-12)16-8-15(20-5-6-21)7-14-10-19-11-17(14)16/h1-4,7-8,19-21H,5-6,10-11H2. The van der Waals surface area contributed by atoms with E-state index in [1.54, 1.807) is 0 Å². The molecule has 106 valence electrons. The molecule has 0 saturated heterocycles. The summed E-state index contributed by atoms with van der Waals surface area (Å²) in [6, 6.07) is 14.1. The summed E-state index contributed by atoms with van der Waals surface area (Å²) in [7, 11) is 0. The number of hydrogen-bond donors (Lipinski definition) is 3. The molecule has 0 saturated carbocycles. The number of aliphatic hydroxyl groups excluding tert-OH is 1. The van der Waals surface area contributed by atoms with Crippen molar-refractivity contribution in [2.24, 2.45) is 0 Å². The van der Waals surface area contributed by atoms with E-state index in [1.807, 2.05) is 24.3 Å². The highest BCUT2D eigenvalue weighted by Gasteiger charge is 2.16. The molecule has 1 aliphatic heterocycles. The van der Waals surface area contributed by atoms with Gasteiger partial charge in [-0.2, -0.15) is 5.26 Å². The van der Waals surface area contributed by atoms with Crippen LogP contribution in [-0.4, -0.2) is 18.3 Å². The molecule has 0 atom stereocenters. The van der Waals surface area contributed by atoms with Gasteiger partial charge in [-0.3, -0.25) is 0 Å². The Kier molecular flexibility index (Phi) is 3.87. The van der Waals surface area contributed by atoms with Crippen molar-refractivity contribution in [3.63, 3.8) is 0 Å². The number of anilines is 1. The highest BCUT2D eigenvalue weighted by Crippen LogP contribution is 2.32. The maximum atomic E-state index is 8.96. The van der Waals surface area contributed by atoms with E-state index in [1.165, 1.54) is 16.7 Å². The molecule has 1 heterocycles. The number of nitrogens with one attached hydrogen (secondary N) is 2. The van der Waals surface area contributed by atoms with Crippen LogP contribution in [0.4, 0.5) is 5.69 Å². The van der Waals surface area contributed by atoms with Crippen molar-refractivity contribution in [1.29, 1.82) is 5.26 Å². The molecule has 0 spiro atoms. The molecule has 0 radical (unpaired) electrons. The largest absolute Gasteiger partial charge is 0.395 e. The van der Waals surface area contributed by atoms with Gasteiger partial charge in [-0.05, 0) is 46.5 Å². The molecule has 0 unspecified atom stereocenters. The minimum Gasteiger partial charge on any atom is -0.395 e. The second kappa shape index (κ2) is 5.96. The highest BCUT2D eigenvalue weighted by molar-refractivity contribution is 5.74. The van der Waals surface area contributed by atoms with Gasteiger partial charge in [0, 0.05) is 25.3 Å². The summed E-state index contributed by atoms with van der Waals surface area (Å²) in [5.41, 5.74) is 6.59. The van der Waals surface area contributed by atoms with Gasteiger partial charge in [0.15, 0.2) is 0 Å². The van der Waals surface area contributed by atoms with Crippen molar-refractivity contribution < 1.29 is 5.11 Å². The number of nitrogens with zero attached hydrogens (tertiary/aromatic N) is 1. The van der Waals surface area contributed by atoms with E-state index < -0.39 is 0 Å². The van der Waals surface area contributed by atoms with Crippen LogP contribution in [0.3, 0.4) is 0 Å². The van der Waals surface area contributed by atoms with Crippen LogP contribution in [-0.2, 0) is 13.1 Å². The topological polar surface area (TPSA) is 68.1 Å². The van der Waals surface area contributed by atoms with E-state index in [4.69, 9.17) is 10.4 Å². The van der Waals surface area contributed by atoms with Crippen LogP contribution in [0.15, 0.2) is 36.4 Å². The molecule has 0 fully saturated rings. The van der Waals surface area contributed by atoms with Crippen LogP contribution in [0.1, 0.15) is 16.7 Å². The van der Waals surface area contributed by atoms with E-state index in [2.05, 4.69) is 28.8 Å². The van der Waals surface area contributed by atoms with Crippen molar-refractivity contribution in [2.75, 3.05) is 18.5 Å². The van der Waals surface area contributed by atoms with Gasteiger partial charge >= 0.3 is 0 Å². The lowest BCUT2D eigenvalue weighted by atomic mass is 9.95. The lowest BCUT2D eigenvalue weighted by molar-refractivity contribution is 0.311. The van der Waals surface area contributed by atoms with Gasteiger partial charge in [0.2, 0.25) is 0 Å². The summed E-state index contributed by atoms with van der Waals surface area (Å²) in [5.74, 6) is 0. The molecule has 0 bridgehead atoms. The highest BCUT2D eigenvalue weighted by atomic mass is 16.3. The summed E-state index contributed by atoms with van der Waals surface area (Å²) in [4.78, 5) is 0. The normalized spacial score (nSPS) is 12.8. The SMILES string of the molecule is N#Cc1ccc(-c2cc(NCCO)cc3c2CNC3)cc1. The van der Waals surface area contributed by atoms with E-state index in [9.17, 15) is 0 Å². The molecule has 4 heteroatoms. The summed E-state index contributed by atoms with van der Waals surface area (Å²) < 4.78 is 0. The monoisotopic (exact) mass is 279 g/mol. The van der Waals surface area contributed by atoms with Gasteiger partial charge in [0.05, 0.1) is 18.2 Å². The fourth-order valence-electron chi connectivity index (χ4n) is 2.70. The number of hydrogen-bond acceptors (Lipinski definition) is 4. The van der Waals surface area contributed by atoms with Crippen molar-refractivity contribution in [3.05, 3.63) is 53.1 Å². The molecule has 4 nitrogen and oxygen atoms in total. The number of aliphatic hydroxyl groups is 1. The van der Waals surface area contributed by atoms with Crippen LogP contribution in [0, 0.1) is 11.3 Å². The van der Waals surface area contributed by atoms with E-state index in [0.717, 1.165) is 24.3 Å². The van der Waals surface area contributed by atoms with Gasteiger partial charge in [0.25, 0.3) is 0 Å². The number of nitriles is 1. The zero-order valence-electron chi connectivity index (χ0n) is 11.7. The Hall–Kier alpha value is -2.35. The Labute approximate surface area is 124 Å². The first-order valence-electron chi connectivity index (χ1n) is 7.03. The average Bonchev–Trinajstić information content (AvgIpc) is 3.00. The molecular formula is C17H17N3O. The van der Waals surface area contributed by atoms with Crippen molar-refractivity contribution in [2.45, 2.75) is 13.1 Å². The number of benzene rings is 2. The molecule has 2 aromatic carbocycles. The van der Waals surface area contributed by atoms with E-state index in [0.29, 0.717) is 12.1 Å². The summed E-state index contributed by atoms with van der Waals surface area (Å²) in [6.45, 7) is 2.39. The number of fused-ring (bicyclic) bond motifs is 1. The molecular weight excluding hydrogens is 262 g/mol. The average molecular weight is 279 g/mol. The van der Waals surface area contributed by atoms with E-state index in [-0.39, 0.29) is 6.61 Å². The van der Waals surface area contributed by atoms with Crippen molar-refractivity contribution in [3.8, 4) is 17.2 Å². The third-order valence-corrected chi connectivity index (χ3v) is 3.73. The predicted molar refractivity (Wildman–Crippen MR) is 82.7 cm³/mol. The van der Waals surface area contributed by atoms with Crippen LogP contribution in [0.5, 0.6) is 0 Å². The Morgan fingerprint density at radius 3 is 2.71 bits per heavy atom. The quantitative estimate of drug-likeness (QED) is 0.803. The van der Waals surface area contributed by atoms with Gasteiger partial charge in [-0.15, -0.1) is 0 Å². The zero-order valence-corrected chi connectivity index (χ0v) is 11.7. The molecule has 0 aliphatic carbocycles. The third kappa shape index (κ3) is 2.75. The van der Waals surface area contributed by atoms with Crippen molar-refractivity contribution in [1.82, 2.24) is 5.32 Å². The van der Waals surface area contributed by atoms with E-state index >= 15 is 0 Å². The Morgan fingerprint density at radius 1 is 1.19 bits per heavy atom. The van der Waals surface area contributed by atoms with Gasteiger partial charge in [0.1, 0.15) is 0 Å². The van der Waals surface area contributed by atoms with Crippen LogP contribution in [0.2, 0.25) is 0 Å². The van der Waals surface area contributed by atoms with Crippen molar-refractivity contribution >= 4 is 5.69 Å². The molecule has 2 aromatic rings. The molecule has 1 aliphatic rings. The van der Waals surface area contributed by atoms with Crippen LogP contribution < -0.4 is 10.6 Å². The molecule has 0 amide bonds. The fourth-order valence-corrected chi connectivity index (χ4v) is 2.70. The Bertz CT molecular complexity index is 686. The first-order chi connectivity index (χ1) is 10.3. The minimum absolute atomic E-state index is 0.113. The summed E-state index contributed by atoms with van der Waals surface area (Å²) in [6.07, 6.45) is 0. The third-order valence-electron chi connectivity index (χ3n) is 3.73. The zero-order chi connectivity index (χ0) is 14.7. The second-order valence-electron chi connectivity index (χ2n) is 5.10. The molecule has 0 aromatic heterocycles. The van der Waals surface area contributed by atoms with Gasteiger partial charge < -0.3 is 15.7 Å². The molecule has 21 heavy (non-hydrogen) atoms. The maximum absolute atomic E-state index is 8.96. The van der Waals surface area contributed by atoms with Gasteiger partial charge in [-0.1, -0.05) is 12.1 Å². The smallest absolute Gasteiger partial charge is 0.0991 e. The minimum atomic E-state index is 0.113. The number of rotatable bonds is 4. The maximum Gasteiger partial charge on any atom is 0.0991 e. The first kappa shape index (κ1) is 13.6. The summed E-state index contributed by atoms with van der Waals surface area (Å²) in [5, 5.41) is 24.5. The van der Waals surface area contributed by atoms with Crippen LogP contribution >= 0.6 is 0 Å². The lowest BCUT2D eigenvalue weighted by Gasteiger charge is -2.13. The lowest BCUT2D eigenvalue weighted by Crippen LogP contribution is -2.06. The predicted octanol–water partition coefficient (Wildman–Crippen LogP) is 2.23. The molecule has 3 N–H and O–H groups in total. The Morgan fingerprint density at radius 2 is 2.00 bits per heavy atom. The molecule has 3 rings (SSSR count). The first-order valence-corrected chi connectivity index (χ1v) is 7.03. The second-order valence-corrected chi connectivity index (χ2v) is 5.10. The van der Waals surface area contributed by atoms with Gasteiger partial charge in [-0.25, -0.2) is 0 Å². The van der Waals surface area contributed by atoms with Crippen LogP contribution in [0.25, 0.3) is 11.1 Å².